The summed E-state index contributed by atoms with van der Waals surface area (Å²) in [7, 11) is -4.64. The van der Waals surface area contributed by atoms with E-state index in [1.54, 1.807) is 26.0 Å². The van der Waals surface area contributed by atoms with Crippen molar-refractivity contribution < 1.29 is 41.4 Å². The van der Waals surface area contributed by atoms with Gasteiger partial charge < -0.3 is 18.9 Å². The number of fused-ring (bicyclic) bond motifs is 2. The zero-order valence-corrected chi connectivity index (χ0v) is 24.8. The molecule has 16 heteroatoms. The Morgan fingerprint density at radius 3 is 2.44 bits per heavy atom. The molecule has 0 radical (unpaired) electrons. The van der Waals surface area contributed by atoms with Gasteiger partial charge >= 0.3 is 28.2 Å². The number of amides is 4. The largest absolute Gasteiger partial charge is 0.460 e. The van der Waals surface area contributed by atoms with Crippen LogP contribution in [0.2, 0.25) is 0 Å². The highest BCUT2D eigenvalue weighted by atomic mass is 79.9. The third-order valence-electron chi connectivity index (χ3n) is 6.69. The smallest absolute Gasteiger partial charge is 0.419 e. The number of hydrogen-bond acceptors (Lipinski definition) is 9. The first-order valence-electron chi connectivity index (χ1n) is 11.7. The van der Waals surface area contributed by atoms with Crippen molar-refractivity contribution >= 4 is 66.0 Å². The lowest BCUT2D eigenvalue weighted by Gasteiger charge is -2.46. The SMILES string of the molecule is CCOC(=O)N1C(=O)N(OS(=O)(=O)c2ccc(C)cc2)[C@]23C[C@@H](OC(C)=O)CN2C(=O)c2cc(Br)c(Br)n2[C@H]13. The van der Waals surface area contributed by atoms with E-state index >= 15 is 0 Å². The monoisotopic (exact) mass is 688 g/mol. The molecule has 2 fully saturated rings. The predicted octanol–water partition coefficient (Wildman–Crippen LogP) is 3.52. The molecule has 3 atom stereocenters. The van der Waals surface area contributed by atoms with E-state index in [2.05, 4.69) is 31.9 Å². The molecule has 5 rings (SSSR count). The van der Waals surface area contributed by atoms with Crippen LogP contribution in [0, 0.1) is 6.92 Å². The summed E-state index contributed by atoms with van der Waals surface area (Å²) >= 11 is 6.76. The Bertz CT molecular complexity index is 1510. The van der Waals surface area contributed by atoms with Crippen LogP contribution in [0.5, 0.6) is 0 Å². The van der Waals surface area contributed by atoms with Gasteiger partial charge in [0.25, 0.3) is 5.91 Å². The zero-order valence-electron chi connectivity index (χ0n) is 20.8. The average Bonchev–Trinajstić information content (AvgIpc) is 3.45. The molecule has 208 valence electrons. The van der Waals surface area contributed by atoms with Crippen LogP contribution < -0.4 is 0 Å². The topological polar surface area (TPSA) is 145 Å². The highest BCUT2D eigenvalue weighted by Gasteiger charge is 2.73. The number of carbonyl (C=O) groups excluding carboxylic acids is 4. The number of aryl methyl sites for hydroxylation is 1. The molecule has 3 aliphatic heterocycles. The van der Waals surface area contributed by atoms with Gasteiger partial charge in [-0.15, -0.1) is 4.28 Å². The number of nitrogens with zero attached hydrogens (tertiary/aromatic N) is 4. The van der Waals surface area contributed by atoms with Gasteiger partial charge in [0, 0.05) is 13.3 Å². The zero-order chi connectivity index (χ0) is 28.4. The Balaban J connectivity index is 1.73. The van der Waals surface area contributed by atoms with Gasteiger partial charge in [-0.05, 0) is 63.9 Å². The maximum Gasteiger partial charge on any atom is 0.419 e. The molecular formula is C23H22Br2N4O9S. The summed E-state index contributed by atoms with van der Waals surface area (Å²) in [5.41, 5.74) is -1.05. The Morgan fingerprint density at radius 1 is 1.15 bits per heavy atom. The van der Waals surface area contributed by atoms with Crippen molar-refractivity contribution in [2.75, 3.05) is 13.2 Å². The summed E-state index contributed by atoms with van der Waals surface area (Å²) in [6.45, 7) is 4.22. The van der Waals surface area contributed by atoms with Crippen molar-refractivity contribution in [3.8, 4) is 0 Å². The van der Waals surface area contributed by atoms with Crippen LogP contribution in [0.25, 0.3) is 0 Å². The molecule has 1 aromatic heterocycles. The summed E-state index contributed by atoms with van der Waals surface area (Å²) in [6, 6.07) is 6.04. The molecule has 3 aliphatic rings. The molecule has 0 N–H and O–H groups in total. The van der Waals surface area contributed by atoms with Gasteiger partial charge in [-0.2, -0.15) is 13.5 Å². The van der Waals surface area contributed by atoms with Crippen LogP contribution in [0.4, 0.5) is 9.59 Å². The lowest BCUT2D eigenvalue weighted by Crippen LogP contribution is -2.63. The first kappa shape index (κ1) is 27.6. The number of hydrogen-bond donors (Lipinski definition) is 0. The Morgan fingerprint density at radius 2 is 1.82 bits per heavy atom. The second kappa shape index (κ2) is 9.60. The first-order valence-corrected chi connectivity index (χ1v) is 14.7. The molecule has 1 aromatic carbocycles. The number of carbonyl (C=O) groups is 4. The third-order valence-corrected chi connectivity index (χ3v) is 9.83. The minimum absolute atomic E-state index is 0.0863. The average molecular weight is 690 g/mol. The number of hydroxylamine groups is 2. The third kappa shape index (κ3) is 4.15. The van der Waals surface area contributed by atoms with Crippen LogP contribution >= 0.6 is 31.9 Å². The van der Waals surface area contributed by atoms with Crippen molar-refractivity contribution in [1.29, 1.82) is 0 Å². The van der Waals surface area contributed by atoms with E-state index in [0.29, 0.717) is 19.0 Å². The van der Waals surface area contributed by atoms with Crippen LogP contribution in [-0.2, 0) is 28.7 Å². The van der Waals surface area contributed by atoms with E-state index in [1.807, 2.05) is 0 Å². The van der Waals surface area contributed by atoms with E-state index in [0.717, 1.165) is 5.56 Å². The number of esters is 1. The molecular weight excluding hydrogens is 668 g/mol. The van der Waals surface area contributed by atoms with Crippen LogP contribution in [0.15, 0.2) is 44.3 Å². The molecule has 0 unspecified atom stereocenters. The second-order valence-electron chi connectivity index (χ2n) is 9.13. The van der Waals surface area contributed by atoms with Gasteiger partial charge in [-0.1, -0.05) is 17.7 Å². The highest BCUT2D eigenvalue weighted by molar-refractivity contribution is 9.13. The molecule has 4 amide bonds. The number of ether oxygens (including phenoxy) is 2. The normalized spacial score (nSPS) is 24.0. The number of aromatic nitrogens is 1. The maximum absolute atomic E-state index is 13.9. The van der Waals surface area contributed by atoms with Gasteiger partial charge in [-0.25, -0.2) is 14.5 Å². The Kier molecular flexibility index (Phi) is 6.80. The van der Waals surface area contributed by atoms with Crippen LogP contribution in [0.1, 0.15) is 42.5 Å². The molecule has 4 heterocycles. The fraction of sp³-hybridized carbons (Fsp3) is 0.391. The van der Waals surface area contributed by atoms with Crippen molar-refractivity contribution in [2.45, 2.75) is 50.0 Å². The van der Waals surface area contributed by atoms with E-state index in [9.17, 15) is 27.6 Å². The van der Waals surface area contributed by atoms with Gasteiger partial charge in [-0.3, -0.25) is 9.59 Å². The number of halogens is 2. The van der Waals surface area contributed by atoms with E-state index in [-0.39, 0.29) is 30.2 Å². The number of rotatable bonds is 5. The van der Waals surface area contributed by atoms with Gasteiger partial charge in [0.2, 0.25) is 0 Å². The van der Waals surface area contributed by atoms with Crippen LogP contribution in [-0.4, -0.2) is 76.8 Å². The van der Waals surface area contributed by atoms with Crippen molar-refractivity contribution in [2.24, 2.45) is 0 Å². The minimum Gasteiger partial charge on any atom is -0.460 e. The molecule has 0 aliphatic carbocycles. The molecule has 0 bridgehead atoms. The minimum atomic E-state index is -4.64. The lowest BCUT2D eigenvalue weighted by molar-refractivity contribution is -0.151. The van der Waals surface area contributed by atoms with Crippen molar-refractivity contribution in [3.63, 3.8) is 0 Å². The fourth-order valence-electron chi connectivity index (χ4n) is 5.21. The molecule has 2 saturated heterocycles. The number of benzene rings is 1. The number of urea groups is 1. The molecule has 1 spiro atoms. The first-order chi connectivity index (χ1) is 18.3. The molecule has 39 heavy (non-hydrogen) atoms. The van der Waals surface area contributed by atoms with Crippen molar-refractivity contribution in [3.05, 3.63) is 50.7 Å². The maximum atomic E-state index is 13.9. The van der Waals surface area contributed by atoms with E-state index in [4.69, 9.17) is 13.8 Å². The van der Waals surface area contributed by atoms with Crippen molar-refractivity contribution in [1.82, 2.24) is 19.4 Å². The standard InChI is InChI=1S/C23H22Br2N4O9S/c1-4-36-22(33)28-20-23(29(21(28)32)38-39(34,35)15-7-5-12(2)6-8-15)10-14(37-13(3)30)11-26(23)19(31)17-9-16(24)18(25)27(17)20/h5-9,14,20H,4,10-11H2,1-3H3/t14-,20-,23+/m1/s1. The van der Waals surface area contributed by atoms with E-state index in [1.165, 1.54) is 34.6 Å². The highest BCUT2D eigenvalue weighted by Crippen LogP contribution is 2.55. The number of imide groups is 1. The summed E-state index contributed by atoms with van der Waals surface area (Å²) in [6.07, 6.45) is -3.64. The second-order valence-corrected chi connectivity index (χ2v) is 12.3. The molecule has 13 nitrogen and oxygen atoms in total. The summed E-state index contributed by atoms with van der Waals surface area (Å²) < 4.78 is 44.9. The van der Waals surface area contributed by atoms with Gasteiger partial charge in [0.15, 0.2) is 11.8 Å². The Labute approximate surface area is 239 Å². The predicted molar refractivity (Wildman–Crippen MR) is 138 cm³/mol. The molecule has 0 saturated carbocycles. The summed E-state index contributed by atoms with van der Waals surface area (Å²) in [5, 5.41) is 0.508. The van der Waals surface area contributed by atoms with E-state index < -0.39 is 52.1 Å². The fourth-order valence-corrected chi connectivity index (χ4v) is 7.06. The van der Waals surface area contributed by atoms with Gasteiger partial charge in [0.05, 0.1) is 22.5 Å². The van der Waals surface area contributed by atoms with Gasteiger partial charge in [0.1, 0.15) is 16.4 Å². The lowest BCUT2D eigenvalue weighted by atomic mass is 9.99. The Hall–Kier alpha value is -2.95. The summed E-state index contributed by atoms with van der Waals surface area (Å²) in [5.74, 6) is -1.25. The molecule has 2 aromatic rings. The quantitative estimate of drug-likeness (QED) is 0.431. The summed E-state index contributed by atoms with van der Waals surface area (Å²) in [4.78, 5) is 54.4. The van der Waals surface area contributed by atoms with Crippen LogP contribution in [0.3, 0.4) is 0 Å².